The lowest BCUT2D eigenvalue weighted by atomic mass is 10.2. The lowest BCUT2D eigenvalue weighted by molar-refractivity contribution is -0.130. The van der Waals surface area contributed by atoms with Gasteiger partial charge in [-0.25, -0.2) is 0 Å². The highest BCUT2D eigenvalue weighted by Gasteiger charge is 2.20. The Morgan fingerprint density at radius 3 is 2.78 bits per heavy atom. The number of carbonyl (C=O) groups is 1. The zero-order valence-electron chi connectivity index (χ0n) is 10.7. The smallest absolute Gasteiger partial charge is 0.232 e. The summed E-state index contributed by atoms with van der Waals surface area (Å²) in [6, 6.07) is 4.06. The second kappa shape index (κ2) is 6.75. The number of pyridine rings is 1. The summed E-state index contributed by atoms with van der Waals surface area (Å²) in [5, 5.41) is 0. The first-order valence-electron chi connectivity index (χ1n) is 6.17. The molecular formula is C13H19N3OS. The monoisotopic (exact) mass is 265 g/mol. The van der Waals surface area contributed by atoms with Gasteiger partial charge in [-0.05, 0) is 17.9 Å². The van der Waals surface area contributed by atoms with Crippen LogP contribution in [0, 0.1) is 0 Å². The van der Waals surface area contributed by atoms with Crippen molar-refractivity contribution in [1.29, 1.82) is 0 Å². The van der Waals surface area contributed by atoms with Crippen molar-refractivity contribution in [3.8, 4) is 0 Å². The van der Waals surface area contributed by atoms with Crippen LogP contribution in [0.1, 0.15) is 5.56 Å². The second-order valence-corrected chi connectivity index (χ2v) is 5.32. The molecule has 0 aromatic carbocycles. The Morgan fingerprint density at radius 2 is 2.17 bits per heavy atom. The SMILES string of the molecule is CSCC(=O)N1CCN(Cc2cccnc2)CC1. The van der Waals surface area contributed by atoms with E-state index in [1.807, 2.05) is 23.4 Å². The molecule has 0 saturated carbocycles. The quantitative estimate of drug-likeness (QED) is 0.816. The molecule has 0 aliphatic carbocycles. The van der Waals surface area contributed by atoms with Crippen LogP contribution in [0.3, 0.4) is 0 Å². The third-order valence-electron chi connectivity index (χ3n) is 3.12. The van der Waals surface area contributed by atoms with Gasteiger partial charge in [0.25, 0.3) is 0 Å². The summed E-state index contributed by atoms with van der Waals surface area (Å²) in [7, 11) is 0. The van der Waals surface area contributed by atoms with Gasteiger partial charge in [-0.2, -0.15) is 11.8 Å². The molecule has 1 saturated heterocycles. The Balaban J connectivity index is 1.78. The minimum Gasteiger partial charge on any atom is -0.339 e. The van der Waals surface area contributed by atoms with Gasteiger partial charge in [-0.1, -0.05) is 6.07 Å². The second-order valence-electron chi connectivity index (χ2n) is 4.45. The molecule has 1 fully saturated rings. The Bertz CT molecular complexity index is 377. The summed E-state index contributed by atoms with van der Waals surface area (Å²) < 4.78 is 0. The maximum atomic E-state index is 11.7. The third kappa shape index (κ3) is 3.71. The molecule has 1 aliphatic rings. The minimum absolute atomic E-state index is 0.267. The number of amides is 1. The maximum Gasteiger partial charge on any atom is 0.232 e. The summed E-state index contributed by atoms with van der Waals surface area (Å²) in [6.07, 6.45) is 5.67. The molecule has 1 amide bonds. The van der Waals surface area contributed by atoms with Gasteiger partial charge in [0.15, 0.2) is 0 Å². The van der Waals surface area contributed by atoms with Crippen molar-refractivity contribution >= 4 is 17.7 Å². The van der Waals surface area contributed by atoms with E-state index < -0.39 is 0 Å². The van der Waals surface area contributed by atoms with Crippen LogP contribution >= 0.6 is 11.8 Å². The van der Waals surface area contributed by atoms with Crippen molar-refractivity contribution in [3.63, 3.8) is 0 Å². The van der Waals surface area contributed by atoms with E-state index in [0.29, 0.717) is 5.75 Å². The number of carbonyl (C=O) groups excluding carboxylic acids is 1. The van der Waals surface area contributed by atoms with E-state index in [1.54, 1.807) is 18.0 Å². The van der Waals surface area contributed by atoms with Gasteiger partial charge in [-0.3, -0.25) is 14.7 Å². The minimum atomic E-state index is 0.267. The molecule has 0 atom stereocenters. The summed E-state index contributed by atoms with van der Waals surface area (Å²) in [5.74, 6) is 0.867. The fourth-order valence-corrected chi connectivity index (χ4v) is 2.55. The first kappa shape index (κ1) is 13.4. The number of piperazine rings is 1. The largest absolute Gasteiger partial charge is 0.339 e. The Labute approximate surface area is 112 Å². The Hall–Kier alpha value is -1.07. The summed E-state index contributed by atoms with van der Waals surface area (Å²) >= 11 is 1.59. The third-order valence-corrected chi connectivity index (χ3v) is 3.66. The van der Waals surface area contributed by atoms with E-state index >= 15 is 0 Å². The highest BCUT2D eigenvalue weighted by molar-refractivity contribution is 7.99. The molecule has 18 heavy (non-hydrogen) atoms. The Kier molecular flexibility index (Phi) is 5.01. The molecule has 98 valence electrons. The average molecular weight is 265 g/mol. The lowest BCUT2D eigenvalue weighted by Crippen LogP contribution is -2.48. The molecule has 2 heterocycles. The molecule has 5 heteroatoms. The van der Waals surface area contributed by atoms with Gasteiger partial charge in [0.1, 0.15) is 0 Å². The van der Waals surface area contributed by atoms with Crippen molar-refractivity contribution < 1.29 is 4.79 Å². The van der Waals surface area contributed by atoms with E-state index in [1.165, 1.54) is 5.56 Å². The van der Waals surface area contributed by atoms with Crippen LogP contribution in [0.4, 0.5) is 0 Å². The molecule has 2 rings (SSSR count). The van der Waals surface area contributed by atoms with Crippen molar-refractivity contribution in [2.24, 2.45) is 0 Å². The molecule has 1 aromatic heterocycles. The zero-order chi connectivity index (χ0) is 12.8. The normalized spacial score (nSPS) is 16.8. The lowest BCUT2D eigenvalue weighted by Gasteiger charge is -2.34. The number of rotatable bonds is 4. The van der Waals surface area contributed by atoms with Crippen molar-refractivity contribution in [2.75, 3.05) is 38.2 Å². The van der Waals surface area contributed by atoms with Crippen LogP contribution in [0.5, 0.6) is 0 Å². The van der Waals surface area contributed by atoms with Gasteiger partial charge in [0.2, 0.25) is 5.91 Å². The molecule has 0 N–H and O–H groups in total. The number of hydrogen-bond acceptors (Lipinski definition) is 4. The van der Waals surface area contributed by atoms with E-state index in [4.69, 9.17) is 0 Å². The number of nitrogens with zero attached hydrogens (tertiary/aromatic N) is 3. The average Bonchev–Trinajstić information content (AvgIpc) is 2.41. The molecule has 4 nitrogen and oxygen atoms in total. The molecule has 0 unspecified atom stereocenters. The van der Waals surface area contributed by atoms with E-state index in [-0.39, 0.29) is 5.91 Å². The van der Waals surface area contributed by atoms with Crippen LogP contribution in [0.2, 0.25) is 0 Å². The van der Waals surface area contributed by atoms with Gasteiger partial charge in [-0.15, -0.1) is 0 Å². The fourth-order valence-electron chi connectivity index (χ4n) is 2.12. The molecule has 0 bridgehead atoms. The predicted molar refractivity (Wildman–Crippen MR) is 74.5 cm³/mol. The Morgan fingerprint density at radius 1 is 1.39 bits per heavy atom. The first-order valence-corrected chi connectivity index (χ1v) is 7.57. The van der Waals surface area contributed by atoms with Crippen molar-refractivity contribution in [3.05, 3.63) is 30.1 Å². The maximum absolute atomic E-state index is 11.7. The van der Waals surface area contributed by atoms with Crippen LogP contribution in [0.25, 0.3) is 0 Å². The van der Waals surface area contributed by atoms with Crippen molar-refractivity contribution in [2.45, 2.75) is 6.54 Å². The summed E-state index contributed by atoms with van der Waals surface area (Å²) in [6.45, 7) is 4.53. The molecule has 0 radical (unpaired) electrons. The highest BCUT2D eigenvalue weighted by Crippen LogP contribution is 2.08. The predicted octanol–water partition coefficient (Wildman–Crippen LogP) is 1.09. The van der Waals surface area contributed by atoms with Crippen LogP contribution in [0.15, 0.2) is 24.5 Å². The van der Waals surface area contributed by atoms with Crippen LogP contribution in [-0.2, 0) is 11.3 Å². The molecule has 0 spiro atoms. The topological polar surface area (TPSA) is 36.4 Å². The van der Waals surface area contributed by atoms with Crippen LogP contribution < -0.4 is 0 Å². The summed E-state index contributed by atoms with van der Waals surface area (Å²) in [5.41, 5.74) is 1.24. The zero-order valence-corrected chi connectivity index (χ0v) is 11.5. The number of aromatic nitrogens is 1. The summed E-state index contributed by atoms with van der Waals surface area (Å²) in [4.78, 5) is 20.2. The standard InChI is InChI=1S/C13H19N3OS/c1-18-11-13(17)16-7-5-15(6-8-16)10-12-3-2-4-14-9-12/h2-4,9H,5-8,10-11H2,1H3. The van der Waals surface area contributed by atoms with Crippen molar-refractivity contribution in [1.82, 2.24) is 14.8 Å². The number of hydrogen-bond donors (Lipinski definition) is 0. The van der Waals surface area contributed by atoms with E-state index in [2.05, 4.69) is 16.0 Å². The van der Waals surface area contributed by atoms with Gasteiger partial charge in [0, 0.05) is 45.1 Å². The van der Waals surface area contributed by atoms with E-state index in [9.17, 15) is 4.79 Å². The molecular weight excluding hydrogens is 246 g/mol. The number of thioether (sulfide) groups is 1. The van der Waals surface area contributed by atoms with Crippen LogP contribution in [-0.4, -0.2) is 58.9 Å². The molecule has 1 aromatic rings. The van der Waals surface area contributed by atoms with Gasteiger partial charge >= 0.3 is 0 Å². The highest BCUT2D eigenvalue weighted by atomic mass is 32.2. The van der Waals surface area contributed by atoms with Gasteiger partial charge < -0.3 is 4.90 Å². The fraction of sp³-hybridized carbons (Fsp3) is 0.538. The first-order chi connectivity index (χ1) is 8.79. The van der Waals surface area contributed by atoms with E-state index in [0.717, 1.165) is 32.7 Å². The molecule has 1 aliphatic heterocycles. The van der Waals surface area contributed by atoms with Gasteiger partial charge in [0.05, 0.1) is 5.75 Å².